The summed E-state index contributed by atoms with van der Waals surface area (Å²) in [6.07, 6.45) is -0.610. The molecule has 0 heterocycles. The van der Waals surface area contributed by atoms with E-state index in [-0.39, 0.29) is 18.8 Å². The molecule has 0 unspecified atom stereocenters. The van der Waals surface area contributed by atoms with E-state index >= 15 is 0 Å². The summed E-state index contributed by atoms with van der Waals surface area (Å²) in [5.74, 6) is -8.04. The molecule has 1 aromatic carbocycles. The summed E-state index contributed by atoms with van der Waals surface area (Å²) in [7, 11) is 0. The Kier molecular flexibility index (Phi) is 17.9. The molecule has 0 aliphatic rings. The third-order valence-corrected chi connectivity index (χ3v) is 6.82. The number of aliphatic hydroxyl groups excluding tert-OH is 2. The molecule has 7 amide bonds. The van der Waals surface area contributed by atoms with Crippen LogP contribution in [0.4, 0.5) is 0 Å². The van der Waals surface area contributed by atoms with Crippen molar-refractivity contribution in [3.8, 4) is 0 Å². The number of nitrogens with one attached hydrogen (secondary N) is 6. The van der Waals surface area contributed by atoms with E-state index in [1.807, 2.05) is 13.8 Å². The second-order valence-electron chi connectivity index (χ2n) is 11.6. The van der Waals surface area contributed by atoms with Gasteiger partial charge in [-0.1, -0.05) is 44.2 Å². The smallest absolute Gasteiger partial charge is 0.325 e. The van der Waals surface area contributed by atoms with E-state index < -0.39 is 110 Å². The molecule has 0 spiro atoms. The van der Waals surface area contributed by atoms with Gasteiger partial charge in [-0.15, -0.1) is 0 Å². The maximum atomic E-state index is 13.3. The molecule has 0 saturated heterocycles. The van der Waals surface area contributed by atoms with Crippen molar-refractivity contribution in [2.24, 2.45) is 17.4 Å². The van der Waals surface area contributed by atoms with Gasteiger partial charge < -0.3 is 58.7 Å². The van der Waals surface area contributed by atoms with Crippen molar-refractivity contribution in [3.05, 3.63) is 35.9 Å². The van der Waals surface area contributed by atoms with Crippen LogP contribution in [0.5, 0.6) is 0 Å². The van der Waals surface area contributed by atoms with Crippen molar-refractivity contribution in [2.75, 3.05) is 19.8 Å². The van der Waals surface area contributed by atoms with Crippen molar-refractivity contribution < 1.29 is 53.7 Å². The lowest BCUT2D eigenvalue weighted by molar-refractivity contribution is -0.141. The molecule has 19 nitrogen and oxygen atoms in total. The van der Waals surface area contributed by atoms with Crippen LogP contribution in [0.1, 0.15) is 39.2 Å². The molecule has 0 aliphatic heterocycles. The van der Waals surface area contributed by atoms with Gasteiger partial charge in [0.25, 0.3) is 0 Å². The van der Waals surface area contributed by atoms with Crippen LogP contribution >= 0.6 is 0 Å². The lowest BCUT2D eigenvalue weighted by Crippen LogP contribution is -2.60. The first-order valence-electron chi connectivity index (χ1n) is 15.3. The van der Waals surface area contributed by atoms with Gasteiger partial charge in [0, 0.05) is 6.42 Å². The molecule has 0 fully saturated rings. The summed E-state index contributed by atoms with van der Waals surface area (Å²) in [4.78, 5) is 99.4. The van der Waals surface area contributed by atoms with Crippen LogP contribution in [0.25, 0.3) is 0 Å². The second kappa shape index (κ2) is 21.0. The number of nitrogens with two attached hydrogens (primary N) is 2. The summed E-state index contributed by atoms with van der Waals surface area (Å²) < 4.78 is 0. The zero-order valence-electron chi connectivity index (χ0n) is 27.4. The number of hydrogen-bond acceptors (Lipinski definition) is 11. The first-order chi connectivity index (χ1) is 23.0. The fourth-order valence-electron chi connectivity index (χ4n) is 4.21. The van der Waals surface area contributed by atoms with Gasteiger partial charge in [0.05, 0.1) is 32.2 Å². The fraction of sp³-hybridized carbons (Fsp3) is 0.533. The third kappa shape index (κ3) is 15.5. The van der Waals surface area contributed by atoms with Crippen LogP contribution < -0.4 is 43.4 Å². The number of aliphatic hydroxyl groups is 2. The normalized spacial score (nSPS) is 14.5. The SMILES string of the molecule is CC(C)C[C@H](N)C(=O)N[C@@H](CO)C(=O)N[C@@H](CO)C(=O)N[C@@H](CC(N)=O)C(=O)N[C@@H](Cc1ccccc1)C(=O)NCC(=O)N[C@@H](C)C(=O)O. The summed E-state index contributed by atoms with van der Waals surface area (Å²) in [5, 5.41) is 41.8. The molecule has 6 atom stereocenters. The highest BCUT2D eigenvalue weighted by Crippen LogP contribution is 2.06. The fourth-order valence-corrected chi connectivity index (χ4v) is 4.21. The Hall–Kier alpha value is -5.14. The van der Waals surface area contributed by atoms with Gasteiger partial charge in [0.2, 0.25) is 41.4 Å². The predicted molar refractivity (Wildman–Crippen MR) is 172 cm³/mol. The van der Waals surface area contributed by atoms with Gasteiger partial charge in [-0.3, -0.25) is 38.4 Å². The Morgan fingerprint density at radius 1 is 0.694 bits per heavy atom. The molecule has 0 bridgehead atoms. The topological polar surface area (TPSA) is 321 Å². The van der Waals surface area contributed by atoms with E-state index in [9.17, 15) is 48.6 Å². The summed E-state index contributed by atoms with van der Waals surface area (Å²) in [5.41, 5.74) is 11.7. The van der Waals surface area contributed by atoms with Crippen molar-refractivity contribution >= 4 is 47.3 Å². The minimum absolute atomic E-state index is 0.0547. The quantitative estimate of drug-likeness (QED) is 0.0577. The highest BCUT2D eigenvalue weighted by molar-refractivity contribution is 5.98. The van der Waals surface area contributed by atoms with Gasteiger partial charge in [-0.05, 0) is 24.8 Å². The van der Waals surface area contributed by atoms with E-state index in [4.69, 9.17) is 16.6 Å². The molecule has 49 heavy (non-hydrogen) atoms. The summed E-state index contributed by atoms with van der Waals surface area (Å²) >= 11 is 0. The lowest BCUT2D eigenvalue weighted by Gasteiger charge is -2.25. The first-order valence-corrected chi connectivity index (χ1v) is 15.3. The average Bonchev–Trinajstić information content (AvgIpc) is 3.03. The Bertz CT molecular complexity index is 1330. The Morgan fingerprint density at radius 3 is 1.67 bits per heavy atom. The maximum Gasteiger partial charge on any atom is 0.325 e. The van der Waals surface area contributed by atoms with E-state index in [1.54, 1.807) is 30.3 Å². The minimum atomic E-state index is -1.74. The third-order valence-electron chi connectivity index (χ3n) is 6.82. The summed E-state index contributed by atoms with van der Waals surface area (Å²) in [6.45, 7) is 2.33. The van der Waals surface area contributed by atoms with E-state index in [1.165, 1.54) is 6.92 Å². The Morgan fingerprint density at radius 2 is 1.18 bits per heavy atom. The molecule has 1 rings (SSSR count). The van der Waals surface area contributed by atoms with Crippen LogP contribution in [0.3, 0.4) is 0 Å². The van der Waals surface area contributed by atoms with Crippen molar-refractivity contribution in [3.63, 3.8) is 0 Å². The van der Waals surface area contributed by atoms with Gasteiger partial charge >= 0.3 is 5.97 Å². The largest absolute Gasteiger partial charge is 0.480 e. The Labute approximate surface area is 282 Å². The van der Waals surface area contributed by atoms with Crippen molar-refractivity contribution in [1.29, 1.82) is 0 Å². The minimum Gasteiger partial charge on any atom is -0.480 e. The molecule has 0 radical (unpaired) electrons. The standard InChI is InChI=1S/C30H46N8O11/c1-15(2)9-18(31)25(43)37-21(13-39)29(47)38-22(14-40)28(46)36-20(11-23(32)41)27(45)35-19(10-17-7-5-4-6-8-17)26(44)33-12-24(42)34-16(3)30(48)49/h4-8,15-16,18-22,39-40H,9-14,31H2,1-3H3,(H2,32,41)(H,33,44)(H,34,42)(H,35,45)(H,36,46)(H,37,43)(H,38,47)(H,48,49)/t16-,18-,19-,20-,21-,22-/m0/s1. The van der Waals surface area contributed by atoms with E-state index in [0.29, 0.717) is 5.56 Å². The van der Waals surface area contributed by atoms with E-state index in [2.05, 4.69) is 31.9 Å². The van der Waals surface area contributed by atoms with Gasteiger partial charge in [0.1, 0.15) is 30.2 Å². The van der Waals surface area contributed by atoms with Gasteiger partial charge in [-0.2, -0.15) is 0 Å². The molecule has 0 aliphatic carbocycles. The molecule has 13 N–H and O–H groups in total. The molecular weight excluding hydrogens is 648 g/mol. The Balaban J connectivity index is 3.08. The number of aliphatic carboxylic acids is 1. The summed E-state index contributed by atoms with van der Waals surface area (Å²) in [6, 6.07) is -0.286. The first kappa shape index (κ1) is 41.9. The molecule has 272 valence electrons. The molecule has 0 saturated carbocycles. The zero-order valence-corrected chi connectivity index (χ0v) is 27.4. The number of carboxylic acid groups (broad SMARTS) is 1. The van der Waals surface area contributed by atoms with Gasteiger partial charge in [0.15, 0.2) is 0 Å². The number of primary amides is 1. The van der Waals surface area contributed by atoms with E-state index in [0.717, 1.165) is 0 Å². The van der Waals surface area contributed by atoms with Crippen molar-refractivity contribution in [2.45, 2.75) is 76.3 Å². The number of benzene rings is 1. The highest BCUT2D eigenvalue weighted by atomic mass is 16.4. The molecule has 0 aromatic heterocycles. The van der Waals surface area contributed by atoms with Crippen LogP contribution in [-0.2, 0) is 44.8 Å². The lowest BCUT2D eigenvalue weighted by atomic mass is 10.0. The molecule has 19 heteroatoms. The van der Waals surface area contributed by atoms with Crippen LogP contribution in [0.15, 0.2) is 30.3 Å². The number of carbonyl (C=O) groups excluding carboxylic acids is 7. The number of amides is 7. The number of hydrogen-bond donors (Lipinski definition) is 11. The predicted octanol–water partition coefficient (Wildman–Crippen LogP) is -4.89. The van der Waals surface area contributed by atoms with Crippen LogP contribution in [-0.4, -0.2) is 119 Å². The number of carboxylic acids is 1. The zero-order chi connectivity index (χ0) is 37.3. The second-order valence-corrected chi connectivity index (χ2v) is 11.6. The highest BCUT2D eigenvalue weighted by Gasteiger charge is 2.32. The van der Waals surface area contributed by atoms with Crippen LogP contribution in [0, 0.1) is 5.92 Å². The molecule has 1 aromatic rings. The molecular formula is C30H46N8O11. The maximum absolute atomic E-state index is 13.3. The number of carbonyl (C=O) groups is 8. The monoisotopic (exact) mass is 694 g/mol. The number of rotatable bonds is 21. The van der Waals surface area contributed by atoms with Gasteiger partial charge in [-0.25, -0.2) is 0 Å². The average molecular weight is 695 g/mol. The van der Waals surface area contributed by atoms with Crippen LogP contribution in [0.2, 0.25) is 0 Å². The van der Waals surface area contributed by atoms with Crippen molar-refractivity contribution in [1.82, 2.24) is 31.9 Å².